The first-order valence-electron chi connectivity index (χ1n) is 5.45. The Bertz CT molecular complexity index is 570. The van der Waals surface area contributed by atoms with E-state index >= 15 is 0 Å². The van der Waals surface area contributed by atoms with Gasteiger partial charge in [-0.25, -0.2) is 0 Å². The van der Waals surface area contributed by atoms with Crippen LogP contribution >= 0.6 is 0 Å². The molecule has 0 fully saturated rings. The van der Waals surface area contributed by atoms with Crippen molar-refractivity contribution in [3.05, 3.63) is 39.8 Å². The number of rotatable bonds is 1. The molecule has 0 saturated carbocycles. The highest BCUT2D eigenvalue weighted by molar-refractivity contribution is 5.46. The summed E-state index contributed by atoms with van der Waals surface area (Å²) in [5.74, 6) is 0.529. The SMILES string of the molecule is CC1(C)Oc2ccc(C#N)cc2C(N=[N+]=[N-])C1O. The lowest BCUT2D eigenvalue weighted by Gasteiger charge is -2.40. The van der Waals surface area contributed by atoms with Gasteiger partial charge in [-0.3, -0.25) is 0 Å². The van der Waals surface area contributed by atoms with Gasteiger partial charge in [0.15, 0.2) is 0 Å². The first-order chi connectivity index (χ1) is 8.49. The molecule has 1 aromatic rings. The van der Waals surface area contributed by atoms with Gasteiger partial charge >= 0.3 is 0 Å². The average Bonchev–Trinajstić information content (AvgIpc) is 2.34. The fourth-order valence-electron chi connectivity index (χ4n) is 2.02. The summed E-state index contributed by atoms with van der Waals surface area (Å²) in [5.41, 5.74) is 8.73. The van der Waals surface area contributed by atoms with E-state index in [0.29, 0.717) is 16.9 Å². The fraction of sp³-hybridized carbons (Fsp3) is 0.417. The minimum absolute atomic E-state index is 0.433. The molecule has 0 aromatic heterocycles. The third kappa shape index (κ3) is 1.86. The molecular weight excluding hydrogens is 232 g/mol. The van der Waals surface area contributed by atoms with Crippen molar-refractivity contribution < 1.29 is 9.84 Å². The Morgan fingerprint density at radius 1 is 1.56 bits per heavy atom. The lowest BCUT2D eigenvalue weighted by Crippen LogP contribution is -2.48. The van der Waals surface area contributed by atoms with Crippen LogP contribution < -0.4 is 4.74 Å². The summed E-state index contributed by atoms with van der Waals surface area (Å²) in [4.78, 5) is 2.76. The molecule has 2 unspecified atom stereocenters. The Morgan fingerprint density at radius 3 is 2.89 bits per heavy atom. The lowest BCUT2D eigenvalue weighted by atomic mass is 9.86. The third-order valence-corrected chi connectivity index (χ3v) is 3.02. The predicted octanol–water partition coefficient (Wildman–Crippen LogP) is 2.44. The predicted molar refractivity (Wildman–Crippen MR) is 63.8 cm³/mol. The van der Waals surface area contributed by atoms with E-state index in [-0.39, 0.29) is 0 Å². The van der Waals surface area contributed by atoms with Crippen LogP contribution in [0, 0.1) is 11.3 Å². The van der Waals surface area contributed by atoms with E-state index in [1.54, 1.807) is 32.0 Å². The van der Waals surface area contributed by atoms with Crippen molar-refractivity contribution in [3.63, 3.8) is 0 Å². The van der Waals surface area contributed by atoms with Crippen molar-refractivity contribution in [2.45, 2.75) is 31.6 Å². The van der Waals surface area contributed by atoms with Gasteiger partial charge in [0.2, 0.25) is 0 Å². The zero-order chi connectivity index (χ0) is 13.3. The zero-order valence-corrected chi connectivity index (χ0v) is 10.0. The molecule has 1 aliphatic rings. The largest absolute Gasteiger partial charge is 0.485 e. The Hall–Kier alpha value is -2.22. The van der Waals surface area contributed by atoms with Gasteiger partial charge in [-0.1, -0.05) is 5.11 Å². The molecule has 2 rings (SSSR count). The minimum Gasteiger partial charge on any atom is -0.485 e. The summed E-state index contributed by atoms with van der Waals surface area (Å²) >= 11 is 0. The van der Waals surface area contributed by atoms with Crippen LogP contribution in [-0.2, 0) is 0 Å². The van der Waals surface area contributed by atoms with E-state index in [0.717, 1.165) is 0 Å². The maximum Gasteiger partial charge on any atom is 0.130 e. The van der Waals surface area contributed by atoms with E-state index in [9.17, 15) is 5.11 Å². The normalized spacial score (nSPS) is 24.1. The van der Waals surface area contributed by atoms with Crippen LogP contribution in [0.15, 0.2) is 23.3 Å². The van der Waals surface area contributed by atoms with Gasteiger partial charge in [0.05, 0.1) is 17.7 Å². The number of aliphatic hydroxyl groups excluding tert-OH is 1. The molecule has 0 radical (unpaired) electrons. The van der Waals surface area contributed by atoms with Gasteiger partial charge in [0, 0.05) is 10.5 Å². The summed E-state index contributed by atoms with van der Waals surface area (Å²) < 4.78 is 5.66. The molecule has 1 N–H and O–H groups in total. The number of nitriles is 1. The van der Waals surface area contributed by atoms with Crippen LogP contribution in [0.25, 0.3) is 10.4 Å². The number of azide groups is 1. The first kappa shape index (κ1) is 12.2. The standard InChI is InChI=1S/C12H12N4O2/c1-12(2)11(17)10(15-16-14)8-5-7(6-13)3-4-9(8)18-12/h3-5,10-11,17H,1-2H3. The smallest absolute Gasteiger partial charge is 0.130 e. The van der Waals surface area contributed by atoms with Crippen molar-refractivity contribution in [3.8, 4) is 11.8 Å². The van der Waals surface area contributed by atoms with Gasteiger partial charge in [0.25, 0.3) is 0 Å². The molecule has 0 amide bonds. The Morgan fingerprint density at radius 2 is 2.28 bits per heavy atom. The highest BCUT2D eigenvalue weighted by atomic mass is 16.5. The number of ether oxygens (including phenoxy) is 1. The quantitative estimate of drug-likeness (QED) is 0.466. The van der Waals surface area contributed by atoms with Gasteiger partial charge in [0.1, 0.15) is 17.5 Å². The second-order valence-corrected chi connectivity index (χ2v) is 4.66. The molecule has 0 aliphatic carbocycles. The number of hydrogen-bond donors (Lipinski definition) is 1. The highest BCUT2D eigenvalue weighted by Crippen LogP contribution is 2.42. The number of fused-ring (bicyclic) bond motifs is 1. The number of nitrogens with zero attached hydrogens (tertiary/aromatic N) is 4. The lowest BCUT2D eigenvalue weighted by molar-refractivity contribution is -0.0570. The molecule has 18 heavy (non-hydrogen) atoms. The van der Waals surface area contributed by atoms with Crippen molar-refractivity contribution in [2.75, 3.05) is 0 Å². The topological polar surface area (TPSA) is 102 Å². The van der Waals surface area contributed by atoms with Crippen molar-refractivity contribution in [2.24, 2.45) is 5.11 Å². The van der Waals surface area contributed by atoms with E-state index in [2.05, 4.69) is 10.0 Å². The maximum atomic E-state index is 10.2. The number of benzene rings is 1. The molecule has 0 saturated heterocycles. The monoisotopic (exact) mass is 244 g/mol. The first-order valence-corrected chi connectivity index (χ1v) is 5.45. The van der Waals surface area contributed by atoms with Gasteiger partial charge < -0.3 is 9.84 Å². The molecule has 0 spiro atoms. The van der Waals surface area contributed by atoms with Gasteiger partial charge in [-0.05, 0) is 37.6 Å². The molecule has 0 bridgehead atoms. The Balaban J connectivity index is 2.61. The summed E-state index contributed by atoms with van der Waals surface area (Å²) in [6.07, 6.45) is -0.963. The average molecular weight is 244 g/mol. The molecule has 6 heteroatoms. The number of aliphatic hydroxyl groups is 1. The van der Waals surface area contributed by atoms with Crippen LogP contribution in [0.5, 0.6) is 5.75 Å². The molecule has 1 aromatic carbocycles. The molecule has 1 aliphatic heterocycles. The zero-order valence-electron chi connectivity index (χ0n) is 10.0. The highest BCUT2D eigenvalue weighted by Gasteiger charge is 2.42. The molecule has 6 nitrogen and oxygen atoms in total. The van der Waals surface area contributed by atoms with Crippen LogP contribution in [0.3, 0.4) is 0 Å². The van der Waals surface area contributed by atoms with Crippen LogP contribution in [-0.4, -0.2) is 16.8 Å². The molecular formula is C12H12N4O2. The Kier molecular flexibility index (Phi) is 2.87. The summed E-state index contributed by atoms with van der Waals surface area (Å²) in [6.45, 7) is 3.44. The van der Waals surface area contributed by atoms with Crippen molar-refractivity contribution >= 4 is 0 Å². The second-order valence-electron chi connectivity index (χ2n) is 4.66. The van der Waals surface area contributed by atoms with E-state index in [1.165, 1.54) is 0 Å². The number of hydrogen-bond acceptors (Lipinski definition) is 4. The van der Waals surface area contributed by atoms with Crippen molar-refractivity contribution in [1.29, 1.82) is 5.26 Å². The third-order valence-electron chi connectivity index (χ3n) is 3.02. The van der Waals surface area contributed by atoms with Crippen LogP contribution in [0.2, 0.25) is 0 Å². The summed E-state index contributed by atoms with van der Waals surface area (Å²) in [7, 11) is 0. The fourth-order valence-corrected chi connectivity index (χ4v) is 2.02. The minimum atomic E-state index is -0.963. The van der Waals surface area contributed by atoms with Gasteiger partial charge in [-0.2, -0.15) is 5.26 Å². The van der Waals surface area contributed by atoms with Gasteiger partial charge in [-0.15, -0.1) is 0 Å². The van der Waals surface area contributed by atoms with E-state index in [1.807, 2.05) is 6.07 Å². The van der Waals surface area contributed by atoms with E-state index < -0.39 is 17.7 Å². The summed E-state index contributed by atoms with van der Waals surface area (Å²) in [5, 5.41) is 22.7. The summed E-state index contributed by atoms with van der Waals surface area (Å²) in [6, 6.07) is 6.11. The van der Waals surface area contributed by atoms with Crippen molar-refractivity contribution in [1.82, 2.24) is 0 Å². The molecule has 2 atom stereocenters. The molecule has 92 valence electrons. The van der Waals surface area contributed by atoms with E-state index in [4.69, 9.17) is 15.5 Å². The van der Waals surface area contributed by atoms with Crippen LogP contribution in [0.1, 0.15) is 31.0 Å². The molecule has 1 heterocycles. The Labute approximate surface area is 104 Å². The maximum absolute atomic E-state index is 10.2. The second kappa shape index (κ2) is 4.22. The van der Waals surface area contributed by atoms with Crippen LogP contribution in [0.4, 0.5) is 0 Å².